The number of carbonyl (C=O) groups is 1. The van der Waals surface area contributed by atoms with Crippen LogP contribution in [0.2, 0.25) is 0 Å². The van der Waals surface area contributed by atoms with Crippen molar-refractivity contribution in [3.8, 4) is 0 Å². The minimum absolute atomic E-state index is 0.0526. The Bertz CT molecular complexity index is 399. The van der Waals surface area contributed by atoms with Crippen LogP contribution in [-0.4, -0.2) is 23.9 Å². The van der Waals surface area contributed by atoms with Crippen molar-refractivity contribution in [2.75, 3.05) is 18.8 Å². The molecule has 0 unspecified atom stereocenters. The van der Waals surface area contributed by atoms with Gasteiger partial charge in [-0.2, -0.15) is 0 Å². The molecule has 3 heteroatoms. The number of benzene rings is 1. The molecule has 0 bridgehead atoms. The zero-order chi connectivity index (χ0) is 12.7. The SMILES string of the molecule is CCCN(CC)C(=O)/C=C/c1cccc(N)c1. The van der Waals surface area contributed by atoms with Crippen molar-refractivity contribution in [1.29, 1.82) is 0 Å². The van der Waals surface area contributed by atoms with Gasteiger partial charge in [-0.25, -0.2) is 0 Å². The zero-order valence-electron chi connectivity index (χ0n) is 10.5. The van der Waals surface area contributed by atoms with Crippen LogP contribution in [0.3, 0.4) is 0 Å². The lowest BCUT2D eigenvalue weighted by Crippen LogP contribution is -2.29. The van der Waals surface area contributed by atoms with Crippen molar-refractivity contribution in [2.24, 2.45) is 0 Å². The summed E-state index contributed by atoms with van der Waals surface area (Å²) in [5.74, 6) is 0.0526. The minimum atomic E-state index is 0.0526. The van der Waals surface area contributed by atoms with Crippen molar-refractivity contribution >= 4 is 17.7 Å². The summed E-state index contributed by atoms with van der Waals surface area (Å²) < 4.78 is 0. The number of anilines is 1. The second kappa shape index (κ2) is 6.74. The number of amides is 1. The summed E-state index contributed by atoms with van der Waals surface area (Å²) in [6.07, 6.45) is 4.39. The van der Waals surface area contributed by atoms with Gasteiger partial charge >= 0.3 is 0 Å². The van der Waals surface area contributed by atoms with Gasteiger partial charge in [-0.3, -0.25) is 4.79 Å². The van der Waals surface area contributed by atoms with E-state index in [1.807, 2.05) is 36.1 Å². The number of nitrogen functional groups attached to an aromatic ring is 1. The summed E-state index contributed by atoms with van der Waals surface area (Å²) in [5.41, 5.74) is 7.33. The molecule has 0 atom stereocenters. The van der Waals surface area contributed by atoms with Crippen LogP contribution < -0.4 is 5.73 Å². The van der Waals surface area contributed by atoms with E-state index in [2.05, 4.69) is 6.92 Å². The zero-order valence-corrected chi connectivity index (χ0v) is 10.5. The van der Waals surface area contributed by atoms with E-state index in [0.29, 0.717) is 5.69 Å². The van der Waals surface area contributed by atoms with Crippen molar-refractivity contribution in [2.45, 2.75) is 20.3 Å². The van der Waals surface area contributed by atoms with E-state index < -0.39 is 0 Å². The van der Waals surface area contributed by atoms with Crippen molar-refractivity contribution in [3.05, 3.63) is 35.9 Å². The molecule has 0 saturated carbocycles. The maximum absolute atomic E-state index is 11.8. The lowest BCUT2D eigenvalue weighted by Gasteiger charge is -2.17. The first-order chi connectivity index (χ1) is 8.17. The Hall–Kier alpha value is -1.77. The summed E-state index contributed by atoms with van der Waals surface area (Å²) in [6.45, 7) is 5.60. The Balaban J connectivity index is 2.67. The van der Waals surface area contributed by atoms with Gasteiger partial charge in [0.25, 0.3) is 0 Å². The van der Waals surface area contributed by atoms with E-state index in [-0.39, 0.29) is 5.91 Å². The van der Waals surface area contributed by atoms with Crippen LogP contribution in [-0.2, 0) is 4.79 Å². The van der Waals surface area contributed by atoms with Crippen molar-refractivity contribution in [1.82, 2.24) is 4.90 Å². The molecule has 1 aromatic carbocycles. The first-order valence-electron chi connectivity index (χ1n) is 6.00. The Morgan fingerprint density at radius 2 is 2.18 bits per heavy atom. The molecule has 3 nitrogen and oxygen atoms in total. The number of nitrogens with two attached hydrogens (primary N) is 1. The topological polar surface area (TPSA) is 46.3 Å². The fourth-order valence-electron chi connectivity index (χ4n) is 1.63. The van der Waals surface area contributed by atoms with Crippen molar-refractivity contribution in [3.63, 3.8) is 0 Å². The lowest BCUT2D eigenvalue weighted by molar-refractivity contribution is -0.125. The summed E-state index contributed by atoms with van der Waals surface area (Å²) >= 11 is 0. The van der Waals surface area contributed by atoms with E-state index in [0.717, 1.165) is 25.1 Å². The van der Waals surface area contributed by atoms with Crippen LogP contribution >= 0.6 is 0 Å². The molecule has 0 radical (unpaired) electrons. The number of hydrogen-bond acceptors (Lipinski definition) is 2. The maximum Gasteiger partial charge on any atom is 0.246 e. The molecule has 0 heterocycles. The third-order valence-electron chi connectivity index (χ3n) is 2.52. The highest BCUT2D eigenvalue weighted by molar-refractivity contribution is 5.91. The standard InChI is InChI=1S/C14H20N2O/c1-3-10-16(4-2)14(17)9-8-12-6-5-7-13(15)11-12/h5-9,11H,3-4,10,15H2,1-2H3/b9-8+. The van der Waals surface area contributed by atoms with Crippen LogP contribution in [0.4, 0.5) is 5.69 Å². The monoisotopic (exact) mass is 232 g/mol. The van der Waals surface area contributed by atoms with E-state index in [4.69, 9.17) is 5.73 Å². The number of nitrogens with zero attached hydrogens (tertiary/aromatic N) is 1. The predicted molar refractivity (Wildman–Crippen MR) is 72.4 cm³/mol. The maximum atomic E-state index is 11.8. The molecule has 0 aliphatic rings. The van der Waals surface area contributed by atoms with Gasteiger partial charge in [0, 0.05) is 24.9 Å². The quantitative estimate of drug-likeness (QED) is 0.626. The summed E-state index contributed by atoms with van der Waals surface area (Å²) in [5, 5.41) is 0. The highest BCUT2D eigenvalue weighted by Crippen LogP contribution is 2.08. The molecule has 0 fully saturated rings. The van der Waals surface area contributed by atoms with Gasteiger partial charge in [0.15, 0.2) is 0 Å². The average molecular weight is 232 g/mol. The highest BCUT2D eigenvalue weighted by atomic mass is 16.2. The van der Waals surface area contributed by atoms with E-state index in [9.17, 15) is 4.79 Å². The fourth-order valence-corrected chi connectivity index (χ4v) is 1.63. The van der Waals surface area contributed by atoms with Gasteiger partial charge in [-0.1, -0.05) is 19.1 Å². The Morgan fingerprint density at radius 3 is 2.76 bits per heavy atom. The summed E-state index contributed by atoms with van der Waals surface area (Å²) in [6, 6.07) is 7.48. The van der Waals surface area contributed by atoms with E-state index >= 15 is 0 Å². The van der Waals surface area contributed by atoms with Crippen LogP contribution in [0.5, 0.6) is 0 Å². The third kappa shape index (κ3) is 4.31. The second-order valence-corrected chi connectivity index (χ2v) is 3.92. The molecule has 17 heavy (non-hydrogen) atoms. The van der Waals surface area contributed by atoms with Gasteiger partial charge in [-0.05, 0) is 37.1 Å². The van der Waals surface area contributed by atoms with Crippen molar-refractivity contribution < 1.29 is 4.79 Å². The highest BCUT2D eigenvalue weighted by Gasteiger charge is 2.05. The summed E-state index contributed by atoms with van der Waals surface area (Å²) in [4.78, 5) is 13.7. The largest absolute Gasteiger partial charge is 0.399 e. The molecule has 0 aliphatic carbocycles. The van der Waals surface area contributed by atoms with Crippen LogP contribution in [0.25, 0.3) is 6.08 Å². The molecule has 0 spiro atoms. The Morgan fingerprint density at radius 1 is 1.41 bits per heavy atom. The van der Waals surface area contributed by atoms with Crippen LogP contribution in [0.15, 0.2) is 30.3 Å². The summed E-state index contributed by atoms with van der Waals surface area (Å²) in [7, 11) is 0. The van der Waals surface area contributed by atoms with E-state index in [1.54, 1.807) is 12.2 Å². The predicted octanol–water partition coefficient (Wildman–Crippen LogP) is 2.54. The first-order valence-corrected chi connectivity index (χ1v) is 6.00. The lowest BCUT2D eigenvalue weighted by atomic mass is 10.2. The number of rotatable bonds is 5. The fraction of sp³-hybridized carbons (Fsp3) is 0.357. The van der Waals surface area contributed by atoms with Gasteiger partial charge in [-0.15, -0.1) is 0 Å². The average Bonchev–Trinajstić information content (AvgIpc) is 2.33. The van der Waals surface area contributed by atoms with Gasteiger partial charge in [0.05, 0.1) is 0 Å². The van der Waals surface area contributed by atoms with Gasteiger partial charge in [0.2, 0.25) is 5.91 Å². The van der Waals surface area contributed by atoms with Gasteiger partial charge in [0.1, 0.15) is 0 Å². The normalized spacial score (nSPS) is 10.7. The molecular weight excluding hydrogens is 212 g/mol. The molecule has 1 aromatic rings. The Kier molecular flexibility index (Phi) is 5.27. The number of likely N-dealkylation sites (N-methyl/N-ethyl adjacent to an activating group) is 1. The van der Waals surface area contributed by atoms with Gasteiger partial charge < -0.3 is 10.6 Å². The van der Waals surface area contributed by atoms with Crippen LogP contribution in [0, 0.1) is 0 Å². The molecule has 0 aliphatic heterocycles. The number of hydrogen-bond donors (Lipinski definition) is 1. The molecular formula is C14H20N2O. The molecule has 1 rings (SSSR count). The van der Waals surface area contributed by atoms with E-state index in [1.165, 1.54) is 0 Å². The second-order valence-electron chi connectivity index (χ2n) is 3.92. The molecule has 1 amide bonds. The third-order valence-corrected chi connectivity index (χ3v) is 2.52. The molecule has 0 aromatic heterocycles. The first kappa shape index (κ1) is 13.3. The molecule has 0 saturated heterocycles. The number of carbonyl (C=O) groups excluding carboxylic acids is 1. The van der Waals surface area contributed by atoms with Crippen LogP contribution in [0.1, 0.15) is 25.8 Å². The minimum Gasteiger partial charge on any atom is -0.399 e. The smallest absolute Gasteiger partial charge is 0.246 e. The molecule has 92 valence electrons. The molecule has 2 N–H and O–H groups in total. The Labute approximate surface area is 103 Å².